The Morgan fingerprint density at radius 2 is 1.68 bits per heavy atom. The van der Waals surface area contributed by atoms with E-state index in [9.17, 15) is 8.42 Å². The Balaban J connectivity index is 2.05. The summed E-state index contributed by atoms with van der Waals surface area (Å²) in [7, 11) is -1.57. The molecular formula is C16H19BrN2O2S. The van der Waals surface area contributed by atoms with Crippen molar-refractivity contribution in [2.75, 3.05) is 18.5 Å². The molecule has 0 aliphatic heterocycles. The second-order valence-corrected chi connectivity index (χ2v) is 7.67. The van der Waals surface area contributed by atoms with Crippen molar-refractivity contribution in [3.8, 4) is 0 Å². The first-order valence-corrected chi connectivity index (χ1v) is 9.21. The fourth-order valence-electron chi connectivity index (χ4n) is 2.03. The summed E-state index contributed by atoms with van der Waals surface area (Å²) in [6, 6.07) is 16.7. The number of likely N-dealkylation sites (N-methyl/N-ethyl adjacent to an activating group) is 1. The van der Waals surface area contributed by atoms with E-state index in [2.05, 4.69) is 20.7 Å². The van der Waals surface area contributed by atoms with Gasteiger partial charge in [-0.05, 0) is 47.1 Å². The second-order valence-electron chi connectivity index (χ2n) is 5.08. The van der Waals surface area contributed by atoms with Gasteiger partial charge in [0.15, 0.2) is 0 Å². The van der Waals surface area contributed by atoms with Crippen molar-refractivity contribution >= 4 is 31.6 Å². The zero-order chi connectivity index (χ0) is 16.2. The molecule has 1 atom stereocenters. The molecule has 2 rings (SSSR count). The van der Waals surface area contributed by atoms with Crippen LogP contribution in [0.2, 0.25) is 0 Å². The molecule has 4 nitrogen and oxygen atoms in total. The van der Waals surface area contributed by atoms with Crippen LogP contribution in [0.3, 0.4) is 0 Å². The first-order chi connectivity index (χ1) is 10.4. The Kier molecular flexibility index (Phi) is 5.61. The summed E-state index contributed by atoms with van der Waals surface area (Å²) in [5.74, 6) is 0. The minimum atomic E-state index is -3.53. The minimum Gasteiger partial charge on any atom is -0.371 e. The molecule has 0 saturated heterocycles. The van der Waals surface area contributed by atoms with E-state index in [1.165, 1.54) is 0 Å². The van der Waals surface area contributed by atoms with Crippen LogP contribution in [-0.4, -0.2) is 28.1 Å². The summed E-state index contributed by atoms with van der Waals surface area (Å²) >= 11 is 3.28. The third-order valence-corrected chi connectivity index (χ3v) is 5.96. The summed E-state index contributed by atoms with van der Waals surface area (Å²) in [4.78, 5) is 2.30. The van der Waals surface area contributed by atoms with Crippen molar-refractivity contribution in [2.24, 2.45) is 0 Å². The minimum absolute atomic E-state index is 0.0275. The van der Waals surface area contributed by atoms with Crippen LogP contribution < -0.4 is 9.62 Å². The highest BCUT2D eigenvalue weighted by Gasteiger charge is 2.19. The second kappa shape index (κ2) is 7.26. The van der Waals surface area contributed by atoms with E-state index in [-0.39, 0.29) is 10.9 Å². The molecule has 0 heterocycles. The molecular weight excluding hydrogens is 364 g/mol. The Morgan fingerprint density at radius 1 is 1.09 bits per heavy atom. The Bertz CT molecular complexity index is 720. The van der Waals surface area contributed by atoms with Crippen LogP contribution in [0.25, 0.3) is 0 Å². The smallest absolute Gasteiger partial charge is 0.241 e. The van der Waals surface area contributed by atoms with E-state index in [0.717, 1.165) is 5.69 Å². The van der Waals surface area contributed by atoms with Gasteiger partial charge in [0.2, 0.25) is 10.0 Å². The number of hydrogen-bond donors (Lipinski definition) is 1. The van der Waals surface area contributed by atoms with Gasteiger partial charge in [-0.2, -0.15) is 0 Å². The SMILES string of the molecule is CC(CNS(=O)(=O)c1ccccc1Br)N(C)c1ccccc1. The molecule has 0 bridgehead atoms. The monoisotopic (exact) mass is 382 g/mol. The molecule has 0 aliphatic carbocycles. The van der Waals surface area contributed by atoms with E-state index in [0.29, 0.717) is 11.0 Å². The van der Waals surface area contributed by atoms with E-state index in [4.69, 9.17) is 0 Å². The van der Waals surface area contributed by atoms with Crippen LogP contribution in [0.1, 0.15) is 6.92 Å². The maximum Gasteiger partial charge on any atom is 0.241 e. The highest BCUT2D eigenvalue weighted by molar-refractivity contribution is 9.10. The Labute approximate surface area is 140 Å². The standard InChI is InChI=1S/C16H19BrN2O2S/c1-13(19(2)14-8-4-3-5-9-14)12-18-22(20,21)16-11-7-6-10-15(16)17/h3-11,13,18H,12H2,1-2H3. The average Bonchev–Trinajstić information content (AvgIpc) is 2.53. The summed E-state index contributed by atoms with van der Waals surface area (Å²) < 4.78 is 27.9. The van der Waals surface area contributed by atoms with E-state index in [1.54, 1.807) is 24.3 Å². The number of halogens is 1. The quantitative estimate of drug-likeness (QED) is 0.833. The van der Waals surface area contributed by atoms with Crippen molar-refractivity contribution in [1.82, 2.24) is 4.72 Å². The van der Waals surface area contributed by atoms with E-state index < -0.39 is 10.0 Å². The van der Waals surface area contributed by atoms with Gasteiger partial charge in [0.25, 0.3) is 0 Å². The van der Waals surface area contributed by atoms with Gasteiger partial charge in [-0.15, -0.1) is 0 Å². The van der Waals surface area contributed by atoms with Crippen LogP contribution in [-0.2, 0) is 10.0 Å². The number of hydrogen-bond acceptors (Lipinski definition) is 3. The third kappa shape index (κ3) is 4.09. The summed E-state index contributed by atoms with van der Waals surface area (Å²) in [5, 5.41) is 0. The maximum absolute atomic E-state index is 12.4. The largest absolute Gasteiger partial charge is 0.371 e. The Morgan fingerprint density at radius 3 is 2.32 bits per heavy atom. The number of anilines is 1. The predicted molar refractivity (Wildman–Crippen MR) is 93.6 cm³/mol. The van der Waals surface area contributed by atoms with Crippen molar-refractivity contribution in [1.29, 1.82) is 0 Å². The molecule has 2 aromatic rings. The van der Waals surface area contributed by atoms with Crippen LogP contribution in [0.5, 0.6) is 0 Å². The van der Waals surface area contributed by atoms with Gasteiger partial charge in [-0.1, -0.05) is 30.3 Å². The molecule has 22 heavy (non-hydrogen) atoms. The van der Waals surface area contributed by atoms with Gasteiger partial charge >= 0.3 is 0 Å². The first-order valence-electron chi connectivity index (χ1n) is 6.94. The third-order valence-electron chi connectivity index (χ3n) is 3.52. The van der Waals surface area contributed by atoms with E-state index >= 15 is 0 Å². The highest BCUT2D eigenvalue weighted by atomic mass is 79.9. The Hall–Kier alpha value is -1.37. The van der Waals surface area contributed by atoms with Crippen molar-refractivity contribution in [3.05, 3.63) is 59.1 Å². The number of nitrogens with one attached hydrogen (secondary N) is 1. The zero-order valence-corrected chi connectivity index (χ0v) is 14.9. The molecule has 1 N–H and O–H groups in total. The topological polar surface area (TPSA) is 49.4 Å². The summed E-state index contributed by atoms with van der Waals surface area (Å²) in [6.45, 7) is 2.31. The van der Waals surface area contributed by atoms with Crippen LogP contribution in [0, 0.1) is 0 Å². The normalized spacial score (nSPS) is 12.9. The molecule has 0 amide bonds. The lowest BCUT2D eigenvalue weighted by molar-refractivity contribution is 0.569. The summed E-state index contributed by atoms with van der Waals surface area (Å²) in [5.41, 5.74) is 1.05. The van der Waals surface area contributed by atoms with Gasteiger partial charge in [0.05, 0.1) is 4.90 Å². The number of para-hydroxylation sites is 1. The number of benzene rings is 2. The van der Waals surface area contributed by atoms with Crippen LogP contribution >= 0.6 is 15.9 Å². The van der Waals surface area contributed by atoms with Crippen LogP contribution in [0.15, 0.2) is 64.0 Å². The van der Waals surface area contributed by atoms with Crippen LogP contribution in [0.4, 0.5) is 5.69 Å². The lowest BCUT2D eigenvalue weighted by Crippen LogP contribution is -2.40. The number of nitrogens with zero attached hydrogens (tertiary/aromatic N) is 1. The molecule has 0 aliphatic rings. The van der Waals surface area contributed by atoms with Crippen molar-refractivity contribution in [2.45, 2.75) is 17.9 Å². The van der Waals surface area contributed by atoms with Gasteiger partial charge in [-0.3, -0.25) is 0 Å². The fraction of sp³-hybridized carbons (Fsp3) is 0.250. The first kappa shape index (κ1) is 17.0. The highest BCUT2D eigenvalue weighted by Crippen LogP contribution is 2.21. The average molecular weight is 383 g/mol. The zero-order valence-electron chi connectivity index (χ0n) is 12.5. The molecule has 0 saturated carbocycles. The maximum atomic E-state index is 12.4. The van der Waals surface area contributed by atoms with Gasteiger partial charge in [0.1, 0.15) is 0 Å². The van der Waals surface area contributed by atoms with Gasteiger partial charge in [-0.25, -0.2) is 13.1 Å². The molecule has 6 heteroatoms. The number of sulfonamides is 1. The van der Waals surface area contributed by atoms with Gasteiger partial charge < -0.3 is 4.90 Å². The summed E-state index contributed by atoms with van der Waals surface area (Å²) in [6.07, 6.45) is 0. The molecule has 0 radical (unpaired) electrons. The fourth-order valence-corrected chi connectivity index (χ4v) is 4.15. The lowest BCUT2D eigenvalue weighted by Gasteiger charge is -2.27. The van der Waals surface area contributed by atoms with Gasteiger partial charge in [0, 0.05) is 29.8 Å². The molecule has 1 unspecified atom stereocenters. The predicted octanol–water partition coefficient (Wildman–Crippen LogP) is 3.25. The lowest BCUT2D eigenvalue weighted by atomic mass is 10.2. The van der Waals surface area contributed by atoms with Crippen molar-refractivity contribution in [3.63, 3.8) is 0 Å². The molecule has 118 valence electrons. The molecule has 0 fully saturated rings. The van der Waals surface area contributed by atoms with E-state index in [1.807, 2.05) is 49.2 Å². The number of rotatable bonds is 6. The molecule has 0 spiro atoms. The molecule has 0 aromatic heterocycles. The molecule has 2 aromatic carbocycles. The van der Waals surface area contributed by atoms with Crippen molar-refractivity contribution < 1.29 is 8.42 Å².